The third-order valence-corrected chi connectivity index (χ3v) is 6.48. The fourth-order valence-electron chi connectivity index (χ4n) is 4.77. The predicted molar refractivity (Wildman–Crippen MR) is 106 cm³/mol. The van der Waals surface area contributed by atoms with E-state index in [-0.39, 0.29) is 18.2 Å². The van der Waals surface area contributed by atoms with E-state index in [1.807, 2.05) is 17.0 Å². The molecule has 0 aliphatic carbocycles. The van der Waals surface area contributed by atoms with E-state index in [1.165, 1.54) is 24.2 Å². The lowest BCUT2D eigenvalue weighted by atomic mass is 9.73. The number of carbonyl (C=O) groups excluding carboxylic acids is 3. The fraction of sp³-hybridized carbons (Fsp3) is 0.571. The van der Waals surface area contributed by atoms with E-state index in [0.717, 1.165) is 39.0 Å². The van der Waals surface area contributed by atoms with E-state index in [9.17, 15) is 14.4 Å². The average molecular weight is 384 g/mol. The Morgan fingerprint density at radius 3 is 2.54 bits per heavy atom. The van der Waals surface area contributed by atoms with Crippen LogP contribution < -0.4 is 15.5 Å². The van der Waals surface area contributed by atoms with Crippen molar-refractivity contribution in [2.75, 3.05) is 37.6 Å². The Labute approximate surface area is 165 Å². The van der Waals surface area contributed by atoms with Gasteiger partial charge in [-0.3, -0.25) is 19.8 Å². The zero-order chi connectivity index (χ0) is 19.6. The predicted octanol–water partition coefficient (Wildman–Crippen LogP) is 2.13. The number of imide groups is 1. The molecule has 3 aliphatic rings. The summed E-state index contributed by atoms with van der Waals surface area (Å²) < 4.78 is 0. The van der Waals surface area contributed by atoms with Crippen LogP contribution in [-0.4, -0.2) is 55.5 Å². The summed E-state index contributed by atoms with van der Waals surface area (Å²) in [6, 6.07) is 6.76. The molecule has 0 radical (unpaired) electrons. The van der Waals surface area contributed by atoms with Crippen LogP contribution in [0.1, 0.15) is 48.9 Å². The Morgan fingerprint density at radius 1 is 0.964 bits per heavy atom. The highest BCUT2D eigenvalue weighted by Gasteiger charge is 2.35. The molecule has 7 nitrogen and oxygen atoms in total. The fourth-order valence-corrected chi connectivity index (χ4v) is 4.77. The van der Waals surface area contributed by atoms with Crippen molar-refractivity contribution in [1.29, 1.82) is 0 Å². The van der Waals surface area contributed by atoms with Gasteiger partial charge >= 0.3 is 6.03 Å². The SMILES string of the molecule is O=C1CCN(c2ccccc2C(=O)N2CCCC3(CCNCC3)CC2)C(=O)N1. The largest absolute Gasteiger partial charge is 0.339 e. The molecule has 150 valence electrons. The smallest absolute Gasteiger partial charge is 0.328 e. The Hall–Kier alpha value is -2.41. The highest BCUT2D eigenvalue weighted by atomic mass is 16.2. The molecule has 2 N–H and O–H groups in total. The number of rotatable bonds is 2. The number of piperidine rings is 1. The van der Waals surface area contributed by atoms with Crippen LogP contribution in [0.15, 0.2) is 24.3 Å². The lowest BCUT2D eigenvalue weighted by molar-refractivity contribution is -0.120. The van der Waals surface area contributed by atoms with Crippen LogP contribution >= 0.6 is 0 Å². The molecule has 3 heterocycles. The molecular formula is C21H28N4O3. The van der Waals surface area contributed by atoms with Gasteiger partial charge < -0.3 is 10.2 Å². The van der Waals surface area contributed by atoms with Crippen molar-refractivity contribution in [2.24, 2.45) is 5.41 Å². The van der Waals surface area contributed by atoms with Gasteiger partial charge in [0.15, 0.2) is 0 Å². The number of para-hydroxylation sites is 1. The van der Waals surface area contributed by atoms with E-state index < -0.39 is 6.03 Å². The summed E-state index contributed by atoms with van der Waals surface area (Å²) in [5.41, 5.74) is 1.49. The molecule has 0 saturated carbocycles. The van der Waals surface area contributed by atoms with Crippen molar-refractivity contribution in [1.82, 2.24) is 15.5 Å². The summed E-state index contributed by atoms with van der Waals surface area (Å²) in [4.78, 5) is 40.5. The van der Waals surface area contributed by atoms with Crippen molar-refractivity contribution in [2.45, 2.75) is 38.5 Å². The molecule has 4 amide bonds. The molecule has 28 heavy (non-hydrogen) atoms. The molecular weight excluding hydrogens is 356 g/mol. The number of likely N-dealkylation sites (tertiary alicyclic amines) is 1. The van der Waals surface area contributed by atoms with E-state index in [0.29, 0.717) is 23.2 Å². The molecule has 3 aliphatic heterocycles. The van der Waals surface area contributed by atoms with Gasteiger partial charge in [0.05, 0.1) is 11.3 Å². The van der Waals surface area contributed by atoms with E-state index in [4.69, 9.17) is 0 Å². The maximum atomic E-state index is 13.3. The third-order valence-electron chi connectivity index (χ3n) is 6.48. The van der Waals surface area contributed by atoms with Crippen LogP contribution in [0.25, 0.3) is 0 Å². The van der Waals surface area contributed by atoms with Gasteiger partial charge in [0, 0.05) is 26.1 Å². The summed E-state index contributed by atoms with van der Waals surface area (Å²) in [7, 11) is 0. The van der Waals surface area contributed by atoms with Gasteiger partial charge in [0.1, 0.15) is 0 Å². The molecule has 1 aromatic carbocycles. The maximum Gasteiger partial charge on any atom is 0.328 e. The Kier molecular flexibility index (Phi) is 5.35. The minimum atomic E-state index is -0.457. The van der Waals surface area contributed by atoms with Crippen LogP contribution in [-0.2, 0) is 4.79 Å². The molecule has 0 atom stereocenters. The minimum absolute atomic E-state index is 0.0220. The topological polar surface area (TPSA) is 81.8 Å². The van der Waals surface area contributed by atoms with E-state index >= 15 is 0 Å². The van der Waals surface area contributed by atoms with Crippen LogP contribution in [0.3, 0.4) is 0 Å². The summed E-state index contributed by atoms with van der Waals surface area (Å²) in [6.45, 7) is 3.95. The number of nitrogens with one attached hydrogen (secondary N) is 2. The van der Waals surface area contributed by atoms with Gasteiger partial charge in [0.25, 0.3) is 5.91 Å². The minimum Gasteiger partial charge on any atom is -0.339 e. The van der Waals surface area contributed by atoms with Crippen molar-refractivity contribution in [3.05, 3.63) is 29.8 Å². The first-order chi connectivity index (χ1) is 13.6. The normalized spacial score (nSPS) is 22.7. The molecule has 1 aromatic rings. The van der Waals surface area contributed by atoms with Crippen molar-refractivity contribution in [3.63, 3.8) is 0 Å². The Morgan fingerprint density at radius 2 is 1.75 bits per heavy atom. The number of nitrogens with zero attached hydrogens (tertiary/aromatic N) is 2. The van der Waals surface area contributed by atoms with Crippen LogP contribution in [0, 0.1) is 5.41 Å². The second kappa shape index (κ2) is 7.91. The van der Waals surface area contributed by atoms with Gasteiger partial charge in [-0.2, -0.15) is 0 Å². The molecule has 4 rings (SSSR count). The first-order valence-electron chi connectivity index (χ1n) is 10.3. The Bertz CT molecular complexity index is 773. The van der Waals surface area contributed by atoms with Gasteiger partial charge in [-0.05, 0) is 62.7 Å². The number of amides is 4. The lowest BCUT2D eigenvalue weighted by Crippen LogP contribution is -2.50. The molecule has 0 unspecified atom stereocenters. The molecule has 7 heteroatoms. The highest BCUT2D eigenvalue weighted by molar-refractivity contribution is 6.09. The molecule has 0 aromatic heterocycles. The quantitative estimate of drug-likeness (QED) is 0.818. The van der Waals surface area contributed by atoms with Crippen molar-refractivity contribution >= 4 is 23.5 Å². The highest BCUT2D eigenvalue weighted by Crippen LogP contribution is 2.39. The van der Waals surface area contributed by atoms with Crippen LogP contribution in [0.5, 0.6) is 0 Å². The van der Waals surface area contributed by atoms with Crippen molar-refractivity contribution in [3.8, 4) is 0 Å². The van der Waals surface area contributed by atoms with Gasteiger partial charge in [-0.15, -0.1) is 0 Å². The number of urea groups is 1. The monoisotopic (exact) mass is 384 g/mol. The van der Waals surface area contributed by atoms with Gasteiger partial charge in [0.2, 0.25) is 5.91 Å². The zero-order valence-electron chi connectivity index (χ0n) is 16.2. The van der Waals surface area contributed by atoms with E-state index in [1.54, 1.807) is 12.1 Å². The zero-order valence-corrected chi connectivity index (χ0v) is 16.2. The molecule has 3 saturated heterocycles. The number of benzene rings is 1. The summed E-state index contributed by atoms with van der Waals surface area (Å²) >= 11 is 0. The number of anilines is 1. The first-order valence-corrected chi connectivity index (χ1v) is 10.3. The van der Waals surface area contributed by atoms with Crippen LogP contribution in [0.2, 0.25) is 0 Å². The van der Waals surface area contributed by atoms with Crippen molar-refractivity contribution < 1.29 is 14.4 Å². The molecule has 1 spiro atoms. The molecule has 0 bridgehead atoms. The summed E-state index contributed by atoms with van der Waals surface area (Å²) in [5.74, 6) is -0.295. The second-order valence-electron chi connectivity index (χ2n) is 8.17. The van der Waals surface area contributed by atoms with Crippen LogP contribution in [0.4, 0.5) is 10.5 Å². The summed E-state index contributed by atoms with van der Waals surface area (Å²) in [6.07, 6.45) is 5.86. The second-order valence-corrected chi connectivity index (χ2v) is 8.17. The van der Waals surface area contributed by atoms with Gasteiger partial charge in [-0.1, -0.05) is 12.1 Å². The standard InChI is InChI=1S/C21H28N4O3/c26-18-6-14-25(20(28)23-18)17-5-2-1-4-16(17)19(27)24-13-3-7-21(10-15-24)8-11-22-12-9-21/h1-2,4-5,22H,3,6-15H2,(H,23,26,28). The lowest BCUT2D eigenvalue weighted by Gasteiger charge is -2.37. The first kappa shape index (κ1) is 18.9. The van der Waals surface area contributed by atoms with Gasteiger partial charge in [-0.25, -0.2) is 4.79 Å². The summed E-state index contributed by atoms with van der Waals surface area (Å²) in [5, 5.41) is 5.78. The molecule has 3 fully saturated rings. The van der Waals surface area contributed by atoms with E-state index in [2.05, 4.69) is 10.6 Å². The maximum absolute atomic E-state index is 13.3. The third kappa shape index (κ3) is 3.76. The number of hydrogen-bond acceptors (Lipinski definition) is 4. The number of hydrogen-bond donors (Lipinski definition) is 2. The Balaban J connectivity index is 1.52. The average Bonchev–Trinajstić information content (AvgIpc) is 2.91. The number of carbonyl (C=O) groups is 3.